The Kier molecular flexibility index (Phi) is 5.42. The molecule has 3 heterocycles. The average Bonchev–Trinajstić information content (AvgIpc) is 3.88. The standard InChI is InChI=1S/C46H31N3O/c1-46(2)36-16-8-6-14-31(36)33-22-25-41-43(44(33)46)35-27-29(21-24-40(35)48(41)30-12-4-3-5-13-30)28-20-23-39-34(26-28)32-15-7-10-18-38(32)49(39)45-47-37-17-9-11-19-42(37)50-45/h3-27H,1-2H3. The SMILES string of the molecule is CC1(C)c2ccccc2-c2ccc3c(c21)c1cc(-c2ccc4c(c2)c2ccccc2n4-c2nc4ccccc4o2)ccc1n3-c1ccccc1. The zero-order valence-electron chi connectivity index (χ0n) is 27.7. The number of oxazole rings is 1. The Balaban J connectivity index is 1.17. The topological polar surface area (TPSA) is 35.9 Å². The molecule has 0 radical (unpaired) electrons. The van der Waals surface area contributed by atoms with Gasteiger partial charge in [-0.15, -0.1) is 0 Å². The number of benzene rings is 7. The van der Waals surface area contributed by atoms with Crippen LogP contribution in [-0.2, 0) is 5.41 Å². The lowest BCUT2D eigenvalue weighted by Crippen LogP contribution is -2.15. The summed E-state index contributed by atoms with van der Waals surface area (Å²) in [6, 6.07) is 55.2. The summed E-state index contributed by atoms with van der Waals surface area (Å²) in [5.41, 5.74) is 15.1. The van der Waals surface area contributed by atoms with Crippen LogP contribution in [-0.4, -0.2) is 14.1 Å². The van der Waals surface area contributed by atoms with Gasteiger partial charge in [-0.3, -0.25) is 4.57 Å². The molecule has 4 heteroatoms. The molecule has 0 amide bonds. The molecule has 7 aromatic carbocycles. The number of nitrogens with zero attached hydrogens (tertiary/aromatic N) is 3. The number of fused-ring (bicyclic) bond motifs is 11. The highest BCUT2D eigenvalue weighted by Crippen LogP contribution is 2.53. The lowest BCUT2D eigenvalue weighted by Gasteiger charge is -2.22. The Hall–Kier alpha value is -6.39. The lowest BCUT2D eigenvalue weighted by molar-refractivity contribution is 0.574. The Morgan fingerprint density at radius 2 is 1.18 bits per heavy atom. The minimum absolute atomic E-state index is 0.136. The molecule has 0 spiro atoms. The van der Waals surface area contributed by atoms with Crippen molar-refractivity contribution >= 4 is 54.7 Å². The lowest BCUT2D eigenvalue weighted by atomic mass is 9.80. The van der Waals surface area contributed by atoms with E-state index in [0.717, 1.165) is 22.1 Å². The molecule has 11 rings (SSSR count). The van der Waals surface area contributed by atoms with E-state index in [-0.39, 0.29) is 5.41 Å². The molecule has 0 aliphatic heterocycles. The summed E-state index contributed by atoms with van der Waals surface area (Å²) >= 11 is 0. The van der Waals surface area contributed by atoms with Crippen molar-refractivity contribution in [2.24, 2.45) is 0 Å². The number of rotatable bonds is 3. The molecule has 0 N–H and O–H groups in total. The Labute approximate surface area is 288 Å². The van der Waals surface area contributed by atoms with Gasteiger partial charge in [0, 0.05) is 32.6 Å². The summed E-state index contributed by atoms with van der Waals surface area (Å²) in [6.07, 6.45) is 0. The van der Waals surface area contributed by atoms with Gasteiger partial charge in [-0.25, -0.2) is 0 Å². The Bertz CT molecular complexity index is 2980. The molecule has 3 aromatic heterocycles. The van der Waals surface area contributed by atoms with Crippen LogP contribution in [0.4, 0.5) is 0 Å². The molecular weight excluding hydrogens is 611 g/mol. The Morgan fingerprint density at radius 1 is 0.520 bits per heavy atom. The van der Waals surface area contributed by atoms with Gasteiger partial charge in [0.25, 0.3) is 0 Å². The highest BCUT2D eigenvalue weighted by Gasteiger charge is 2.38. The van der Waals surface area contributed by atoms with Crippen molar-refractivity contribution in [2.75, 3.05) is 0 Å². The van der Waals surface area contributed by atoms with Crippen molar-refractivity contribution in [2.45, 2.75) is 19.3 Å². The molecule has 0 fully saturated rings. The fourth-order valence-corrected chi connectivity index (χ4v) is 8.73. The summed E-state index contributed by atoms with van der Waals surface area (Å²) in [4.78, 5) is 4.88. The summed E-state index contributed by atoms with van der Waals surface area (Å²) in [5.74, 6) is 0. The molecule has 0 bridgehead atoms. The van der Waals surface area contributed by atoms with E-state index in [9.17, 15) is 0 Å². The molecular formula is C46H31N3O. The number of hydrogen-bond acceptors (Lipinski definition) is 2. The second-order valence-electron chi connectivity index (χ2n) is 14.0. The van der Waals surface area contributed by atoms with Crippen LogP contribution in [0.5, 0.6) is 0 Å². The number of para-hydroxylation sites is 4. The van der Waals surface area contributed by atoms with Crippen LogP contribution in [0.2, 0.25) is 0 Å². The second kappa shape index (κ2) is 9.83. The average molecular weight is 642 g/mol. The van der Waals surface area contributed by atoms with Gasteiger partial charge >= 0.3 is 6.01 Å². The van der Waals surface area contributed by atoms with Gasteiger partial charge in [-0.2, -0.15) is 4.98 Å². The van der Waals surface area contributed by atoms with E-state index < -0.39 is 0 Å². The highest BCUT2D eigenvalue weighted by molar-refractivity contribution is 6.16. The van der Waals surface area contributed by atoms with Crippen LogP contribution in [0.15, 0.2) is 156 Å². The summed E-state index contributed by atoms with van der Waals surface area (Å²) in [5, 5.41) is 4.95. The van der Waals surface area contributed by atoms with Crippen molar-refractivity contribution in [1.29, 1.82) is 0 Å². The van der Waals surface area contributed by atoms with E-state index in [1.54, 1.807) is 0 Å². The number of hydrogen-bond donors (Lipinski definition) is 0. The fourth-order valence-electron chi connectivity index (χ4n) is 8.73. The summed E-state index contributed by atoms with van der Waals surface area (Å²) < 4.78 is 10.9. The monoisotopic (exact) mass is 641 g/mol. The first-order valence-corrected chi connectivity index (χ1v) is 17.2. The van der Waals surface area contributed by atoms with Crippen LogP contribution in [0.3, 0.4) is 0 Å². The van der Waals surface area contributed by atoms with Crippen molar-refractivity contribution in [1.82, 2.24) is 14.1 Å². The van der Waals surface area contributed by atoms with Crippen LogP contribution in [0.1, 0.15) is 25.0 Å². The zero-order valence-corrected chi connectivity index (χ0v) is 27.7. The fraction of sp³-hybridized carbons (Fsp3) is 0.0652. The van der Waals surface area contributed by atoms with Crippen molar-refractivity contribution < 1.29 is 4.42 Å². The molecule has 0 atom stereocenters. The maximum absolute atomic E-state index is 6.30. The summed E-state index contributed by atoms with van der Waals surface area (Å²) in [6.45, 7) is 4.76. The van der Waals surface area contributed by atoms with Gasteiger partial charge in [-0.05, 0) is 94.0 Å². The van der Waals surface area contributed by atoms with Gasteiger partial charge in [0.1, 0.15) is 5.52 Å². The minimum Gasteiger partial charge on any atom is -0.423 e. The first-order valence-electron chi connectivity index (χ1n) is 17.2. The highest BCUT2D eigenvalue weighted by atomic mass is 16.4. The van der Waals surface area contributed by atoms with Crippen LogP contribution < -0.4 is 0 Å². The molecule has 0 saturated carbocycles. The molecule has 1 aliphatic carbocycles. The van der Waals surface area contributed by atoms with Crippen LogP contribution in [0.25, 0.3) is 88.7 Å². The van der Waals surface area contributed by atoms with Gasteiger partial charge in [0.2, 0.25) is 0 Å². The van der Waals surface area contributed by atoms with E-state index in [1.807, 2.05) is 24.3 Å². The smallest absolute Gasteiger partial charge is 0.307 e. The normalized spacial score (nSPS) is 13.6. The molecule has 0 saturated heterocycles. The predicted octanol–water partition coefficient (Wildman–Crippen LogP) is 12.0. The first-order chi connectivity index (χ1) is 24.6. The Morgan fingerprint density at radius 3 is 2.02 bits per heavy atom. The van der Waals surface area contributed by atoms with Gasteiger partial charge in [0.15, 0.2) is 5.58 Å². The van der Waals surface area contributed by atoms with Gasteiger partial charge in [0.05, 0.1) is 22.1 Å². The van der Waals surface area contributed by atoms with E-state index in [0.29, 0.717) is 6.01 Å². The van der Waals surface area contributed by atoms with E-state index >= 15 is 0 Å². The number of aromatic nitrogens is 3. The molecule has 0 unspecified atom stereocenters. The van der Waals surface area contributed by atoms with Crippen molar-refractivity contribution in [3.05, 3.63) is 163 Å². The largest absolute Gasteiger partial charge is 0.423 e. The van der Waals surface area contributed by atoms with E-state index in [1.165, 1.54) is 71.6 Å². The summed E-state index contributed by atoms with van der Waals surface area (Å²) in [7, 11) is 0. The van der Waals surface area contributed by atoms with Crippen molar-refractivity contribution in [3.8, 4) is 34.0 Å². The van der Waals surface area contributed by atoms with Crippen LogP contribution >= 0.6 is 0 Å². The third kappa shape index (κ3) is 3.62. The minimum atomic E-state index is -0.136. The van der Waals surface area contributed by atoms with Crippen LogP contribution in [0, 0.1) is 0 Å². The zero-order chi connectivity index (χ0) is 33.1. The van der Waals surface area contributed by atoms with Crippen molar-refractivity contribution in [3.63, 3.8) is 0 Å². The third-order valence-electron chi connectivity index (χ3n) is 10.9. The molecule has 4 nitrogen and oxygen atoms in total. The first kappa shape index (κ1) is 27.5. The second-order valence-corrected chi connectivity index (χ2v) is 14.0. The molecule has 10 aromatic rings. The van der Waals surface area contributed by atoms with E-state index in [2.05, 4.69) is 150 Å². The molecule has 50 heavy (non-hydrogen) atoms. The predicted molar refractivity (Wildman–Crippen MR) is 206 cm³/mol. The maximum atomic E-state index is 6.30. The molecule has 236 valence electrons. The maximum Gasteiger partial charge on any atom is 0.307 e. The van der Waals surface area contributed by atoms with Gasteiger partial charge in [-0.1, -0.05) is 105 Å². The van der Waals surface area contributed by atoms with Gasteiger partial charge < -0.3 is 8.98 Å². The van der Waals surface area contributed by atoms with E-state index in [4.69, 9.17) is 9.40 Å². The molecule has 1 aliphatic rings. The third-order valence-corrected chi connectivity index (χ3v) is 10.9. The quantitative estimate of drug-likeness (QED) is 0.192.